The van der Waals surface area contributed by atoms with Crippen LogP contribution in [0, 0.1) is 0 Å². The zero-order valence-electron chi connectivity index (χ0n) is 14.3. The maximum Gasteiger partial charge on any atom is 0.321 e. The average molecular weight is 468 g/mol. The molecule has 2 rings (SSSR count). The minimum absolute atomic E-state index is 0.0567. The molecule has 0 aromatic heterocycles. The lowest BCUT2D eigenvalue weighted by atomic mass is 10.2. The molecule has 0 spiro atoms. The van der Waals surface area contributed by atoms with Crippen molar-refractivity contribution in [2.75, 3.05) is 33.2 Å². The molecule has 3 amide bonds. The second kappa shape index (κ2) is 8.66. The molecule has 1 aliphatic rings. The first kappa shape index (κ1) is 21.1. The van der Waals surface area contributed by atoms with Crippen LogP contribution in [0.2, 0.25) is 5.02 Å². The summed E-state index contributed by atoms with van der Waals surface area (Å²) < 4.78 is 27.6. The lowest BCUT2D eigenvalue weighted by molar-refractivity contribution is -0.125. The summed E-state index contributed by atoms with van der Waals surface area (Å²) in [5.74, 6) is -0.434. The number of carbonyl (C=O) groups is 2. The van der Waals surface area contributed by atoms with Crippen molar-refractivity contribution < 1.29 is 18.0 Å². The summed E-state index contributed by atoms with van der Waals surface area (Å²) >= 11 is 9.33. The highest BCUT2D eigenvalue weighted by Gasteiger charge is 2.33. The Balaban J connectivity index is 2.03. The van der Waals surface area contributed by atoms with Gasteiger partial charge >= 0.3 is 6.03 Å². The number of amides is 3. The van der Waals surface area contributed by atoms with E-state index in [4.69, 9.17) is 11.6 Å². The van der Waals surface area contributed by atoms with E-state index in [2.05, 4.69) is 26.6 Å². The third-order valence-electron chi connectivity index (χ3n) is 4.18. The average Bonchev–Trinajstić information content (AvgIpc) is 2.60. The van der Waals surface area contributed by atoms with Crippen molar-refractivity contribution in [3.05, 3.63) is 27.7 Å². The normalized spacial score (nSPS) is 17.5. The Bertz CT molecular complexity index is 797. The summed E-state index contributed by atoms with van der Waals surface area (Å²) in [7, 11) is -2.29. The highest BCUT2D eigenvalue weighted by atomic mass is 79.9. The van der Waals surface area contributed by atoms with Gasteiger partial charge in [0.25, 0.3) is 0 Å². The number of sulfonamides is 1. The van der Waals surface area contributed by atoms with Crippen LogP contribution in [-0.2, 0) is 14.8 Å². The van der Waals surface area contributed by atoms with Crippen LogP contribution in [0.25, 0.3) is 0 Å². The van der Waals surface area contributed by atoms with Gasteiger partial charge in [-0.1, -0.05) is 27.5 Å². The SMILES string of the molecule is CNC(=O)NC(=O)C(C)N1CCN(S(=O)(=O)c2ccc(Br)cc2Cl)CC1. The lowest BCUT2D eigenvalue weighted by Crippen LogP contribution is -2.56. The first-order valence-corrected chi connectivity index (χ1v) is 10.5. The predicted molar refractivity (Wildman–Crippen MR) is 102 cm³/mol. The molecule has 1 aromatic rings. The summed E-state index contributed by atoms with van der Waals surface area (Å²) in [6.07, 6.45) is 0. The Kier molecular flexibility index (Phi) is 7.03. The van der Waals surface area contributed by atoms with Crippen molar-refractivity contribution in [1.29, 1.82) is 0 Å². The van der Waals surface area contributed by atoms with E-state index in [0.717, 1.165) is 0 Å². The molecule has 1 aliphatic heterocycles. The Morgan fingerprint density at radius 1 is 1.23 bits per heavy atom. The molecule has 26 heavy (non-hydrogen) atoms. The summed E-state index contributed by atoms with van der Waals surface area (Å²) in [5, 5.41) is 4.69. The van der Waals surface area contributed by atoms with Gasteiger partial charge in [0, 0.05) is 37.7 Å². The number of nitrogens with zero attached hydrogens (tertiary/aromatic N) is 2. The quantitative estimate of drug-likeness (QED) is 0.694. The van der Waals surface area contributed by atoms with Crippen LogP contribution in [0.15, 0.2) is 27.6 Å². The van der Waals surface area contributed by atoms with Gasteiger partial charge in [0.1, 0.15) is 4.90 Å². The monoisotopic (exact) mass is 466 g/mol. The van der Waals surface area contributed by atoms with Gasteiger partial charge in [-0.25, -0.2) is 13.2 Å². The van der Waals surface area contributed by atoms with Crippen LogP contribution in [0.5, 0.6) is 0 Å². The van der Waals surface area contributed by atoms with E-state index in [1.54, 1.807) is 13.0 Å². The second-order valence-electron chi connectivity index (χ2n) is 5.76. The second-order valence-corrected chi connectivity index (χ2v) is 8.99. The van der Waals surface area contributed by atoms with Crippen LogP contribution >= 0.6 is 27.5 Å². The third kappa shape index (κ3) is 4.74. The Labute approximate surface area is 166 Å². The number of hydrogen-bond donors (Lipinski definition) is 2. The van der Waals surface area contributed by atoms with Crippen molar-refractivity contribution in [3.63, 3.8) is 0 Å². The fourth-order valence-electron chi connectivity index (χ4n) is 2.60. The first-order valence-electron chi connectivity index (χ1n) is 7.88. The molecule has 8 nitrogen and oxygen atoms in total. The highest BCUT2D eigenvalue weighted by molar-refractivity contribution is 9.10. The molecule has 144 valence electrons. The topological polar surface area (TPSA) is 98.8 Å². The molecular weight excluding hydrogens is 448 g/mol. The van der Waals surface area contributed by atoms with E-state index < -0.39 is 28.0 Å². The maximum absolute atomic E-state index is 12.8. The summed E-state index contributed by atoms with van der Waals surface area (Å²) in [4.78, 5) is 25.1. The Morgan fingerprint density at radius 3 is 2.38 bits per heavy atom. The molecule has 1 atom stereocenters. The van der Waals surface area contributed by atoms with Crippen LogP contribution < -0.4 is 10.6 Å². The van der Waals surface area contributed by atoms with Crippen molar-refractivity contribution in [2.45, 2.75) is 17.9 Å². The number of urea groups is 1. The van der Waals surface area contributed by atoms with E-state index in [0.29, 0.717) is 17.6 Å². The highest BCUT2D eigenvalue weighted by Crippen LogP contribution is 2.28. The van der Waals surface area contributed by atoms with Gasteiger partial charge in [0.05, 0.1) is 11.1 Å². The summed E-state index contributed by atoms with van der Waals surface area (Å²) in [6.45, 7) is 2.87. The fraction of sp³-hybridized carbons (Fsp3) is 0.467. The number of benzene rings is 1. The predicted octanol–water partition coefficient (Wildman–Crippen LogP) is 1.25. The zero-order chi connectivity index (χ0) is 19.5. The van der Waals surface area contributed by atoms with E-state index in [1.165, 1.54) is 23.5 Å². The van der Waals surface area contributed by atoms with Crippen molar-refractivity contribution in [3.8, 4) is 0 Å². The van der Waals surface area contributed by atoms with Crippen molar-refractivity contribution in [2.24, 2.45) is 0 Å². The van der Waals surface area contributed by atoms with Gasteiger partial charge in [0.15, 0.2) is 0 Å². The number of carbonyl (C=O) groups excluding carboxylic acids is 2. The molecule has 1 fully saturated rings. The van der Waals surface area contributed by atoms with Crippen LogP contribution in [0.1, 0.15) is 6.92 Å². The number of imide groups is 1. The smallest absolute Gasteiger partial charge is 0.321 e. The van der Waals surface area contributed by atoms with Gasteiger partial charge in [0.2, 0.25) is 15.9 Å². The van der Waals surface area contributed by atoms with Crippen LogP contribution in [0.3, 0.4) is 0 Å². The van der Waals surface area contributed by atoms with E-state index in [-0.39, 0.29) is 23.0 Å². The molecule has 1 aromatic carbocycles. The molecule has 0 aliphatic carbocycles. The van der Waals surface area contributed by atoms with Gasteiger partial charge in [-0.3, -0.25) is 15.0 Å². The molecule has 1 unspecified atom stereocenters. The van der Waals surface area contributed by atoms with E-state index in [9.17, 15) is 18.0 Å². The first-order chi connectivity index (χ1) is 12.2. The van der Waals surface area contributed by atoms with Crippen molar-refractivity contribution >= 4 is 49.5 Å². The van der Waals surface area contributed by atoms with Crippen LogP contribution in [0.4, 0.5) is 4.79 Å². The standard InChI is InChI=1S/C15H20BrClN4O4S/c1-10(14(22)19-15(23)18-2)20-5-7-21(8-6-20)26(24,25)13-4-3-11(16)9-12(13)17/h3-4,9-10H,5-8H2,1-2H3,(H2,18,19,22,23). The molecule has 0 saturated carbocycles. The molecule has 0 bridgehead atoms. The van der Waals surface area contributed by atoms with E-state index >= 15 is 0 Å². The zero-order valence-corrected chi connectivity index (χ0v) is 17.5. The summed E-state index contributed by atoms with van der Waals surface area (Å²) in [5.41, 5.74) is 0. The van der Waals surface area contributed by atoms with Gasteiger partial charge in [-0.05, 0) is 25.1 Å². The number of nitrogens with one attached hydrogen (secondary N) is 2. The van der Waals surface area contributed by atoms with Crippen molar-refractivity contribution in [1.82, 2.24) is 19.8 Å². The van der Waals surface area contributed by atoms with Gasteiger partial charge in [-0.15, -0.1) is 0 Å². The number of piperazine rings is 1. The molecule has 2 N–H and O–H groups in total. The third-order valence-corrected chi connectivity index (χ3v) is 7.05. The minimum Gasteiger partial charge on any atom is -0.341 e. The van der Waals surface area contributed by atoms with E-state index in [1.807, 2.05) is 4.90 Å². The minimum atomic E-state index is -3.71. The number of halogens is 2. The van der Waals surface area contributed by atoms with Gasteiger partial charge < -0.3 is 5.32 Å². The Morgan fingerprint density at radius 2 is 1.85 bits per heavy atom. The molecule has 1 saturated heterocycles. The molecule has 1 heterocycles. The van der Waals surface area contributed by atoms with Crippen LogP contribution in [-0.4, -0.2) is 68.8 Å². The Hall–Kier alpha value is -1.20. The maximum atomic E-state index is 12.8. The summed E-state index contributed by atoms with van der Waals surface area (Å²) in [6, 6.07) is 3.50. The lowest BCUT2D eigenvalue weighted by Gasteiger charge is -2.36. The number of rotatable bonds is 4. The molecule has 0 radical (unpaired) electrons. The molecule has 11 heteroatoms. The largest absolute Gasteiger partial charge is 0.341 e. The fourth-order valence-corrected chi connectivity index (χ4v) is 5.03. The number of hydrogen-bond acceptors (Lipinski definition) is 5. The molecular formula is C15H20BrClN4O4S. The van der Waals surface area contributed by atoms with Gasteiger partial charge in [-0.2, -0.15) is 4.31 Å².